The highest BCUT2D eigenvalue weighted by Crippen LogP contribution is 2.34. The van der Waals surface area contributed by atoms with Gasteiger partial charge in [0.15, 0.2) is 0 Å². The van der Waals surface area contributed by atoms with Crippen LogP contribution in [0.4, 0.5) is 10.1 Å². The standard InChI is InChI=1S/C13H14FN3O3S/c1-8-11(7-18)13(16-15-8)21(19,20)17-5-4-9-2-3-10(14)6-12(9)17/h2-3,6,18H,4-5,7H2,1H3,(H,15,16). The largest absolute Gasteiger partial charge is 0.392 e. The molecular formula is C13H14FN3O3S. The molecule has 0 amide bonds. The van der Waals surface area contributed by atoms with Crippen molar-refractivity contribution in [2.75, 3.05) is 10.8 Å². The van der Waals surface area contributed by atoms with Gasteiger partial charge in [-0.15, -0.1) is 0 Å². The number of aliphatic hydroxyl groups is 1. The van der Waals surface area contributed by atoms with Crippen LogP contribution in [0.3, 0.4) is 0 Å². The molecule has 0 saturated heterocycles. The first kappa shape index (κ1) is 14.0. The van der Waals surface area contributed by atoms with Crippen LogP contribution in [0.25, 0.3) is 0 Å². The van der Waals surface area contributed by atoms with Gasteiger partial charge in [-0.05, 0) is 31.0 Å². The van der Waals surface area contributed by atoms with Crippen LogP contribution < -0.4 is 4.31 Å². The number of aromatic amines is 1. The minimum atomic E-state index is -3.93. The van der Waals surface area contributed by atoms with Crippen LogP contribution in [0.2, 0.25) is 0 Å². The van der Waals surface area contributed by atoms with Crippen LogP contribution in [0.5, 0.6) is 0 Å². The number of aliphatic hydroxyl groups excluding tert-OH is 1. The lowest BCUT2D eigenvalue weighted by Gasteiger charge is -2.18. The summed E-state index contributed by atoms with van der Waals surface area (Å²) in [4.78, 5) is 0. The fraction of sp³-hybridized carbons (Fsp3) is 0.308. The van der Waals surface area contributed by atoms with E-state index in [1.54, 1.807) is 13.0 Å². The molecule has 1 aromatic carbocycles. The zero-order chi connectivity index (χ0) is 15.2. The van der Waals surface area contributed by atoms with E-state index in [0.717, 1.165) is 9.87 Å². The number of nitrogens with zero attached hydrogens (tertiary/aromatic N) is 2. The number of fused-ring (bicyclic) bond motifs is 1. The monoisotopic (exact) mass is 311 g/mol. The van der Waals surface area contributed by atoms with Gasteiger partial charge < -0.3 is 5.11 Å². The van der Waals surface area contributed by atoms with E-state index in [9.17, 15) is 17.9 Å². The van der Waals surface area contributed by atoms with E-state index in [1.807, 2.05) is 0 Å². The first-order valence-corrected chi connectivity index (χ1v) is 7.85. The van der Waals surface area contributed by atoms with Crippen molar-refractivity contribution in [3.05, 3.63) is 40.8 Å². The van der Waals surface area contributed by atoms with Crippen molar-refractivity contribution >= 4 is 15.7 Å². The average molecular weight is 311 g/mol. The molecule has 6 nitrogen and oxygen atoms in total. The van der Waals surface area contributed by atoms with Crippen molar-refractivity contribution in [3.63, 3.8) is 0 Å². The molecule has 0 saturated carbocycles. The fourth-order valence-corrected chi connectivity index (χ4v) is 4.17. The van der Waals surface area contributed by atoms with Crippen LogP contribution in [0.15, 0.2) is 23.2 Å². The molecule has 0 fully saturated rings. The topological polar surface area (TPSA) is 86.3 Å². The normalized spacial score (nSPS) is 14.5. The minimum absolute atomic E-state index is 0.209. The second-order valence-corrected chi connectivity index (χ2v) is 6.67. The van der Waals surface area contributed by atoms with E-state index in [1.165, 1.54) is 12.1 Å². The number of sulfonamides is 1. The van der Waals surface area contributed by atoms with E-state index in [2.05, 4.69) is 10.2 Å². The Balaban J connectivity index is 2.11. The molecule has 0 bridgehead atoms. The number of rotatable bonds is 3. The molecule has 0 unspecified atom stereocenters. The average Bonchev–Trinajstić information content (AvgIpc) is 3.01. The van der Waals surface area contributed by atoms with Crippen molar-refractivity contribution in [2.24, 2.45) is 0 Å². The quantitative estimate of drug-likeness (QED) is 0.889. The summed E-state index contributed by atoms with van der Waals surface area (Å²) in [5, 5.41) is 15.5. The Bertz CT molecular complexity index is 801. The Morgan fingerprint density at radius 1 is 1.48 bits per heavy atom. The first-order valence-electron chi connectivity index (χ1n) is 6.41. The molecule has 1 aliphatic rings. The van der Waals surface area contributed by atoms with Gasteiger partial charge in [0.2, 0.25) is 5.03 Å². The number of benzene rings is 1. The number of hydrogen-bond donors (Lipinski definition) is 2. The molecule has 112 valence electrons. The van der Waals surface area contributed by atoms with Crippen LogP contribution in [0.1, 0.15) is 16.8 Å². The van der Waals surface area contributed by atoms with Crippen molar-refractivity contribution in [1.29, 1.82) is 0 Å². The van der Waals surface area contributed by atoms with Crippen LogP contribution in [0, 0.1) is 12.7 Å². The van der Waals surface area contributed by atoms with Gasteiger partial charge in [0.05, 0.1) is 12.3 Å². The van der Waals surface area contributed by atoms with Gasteiger partial charge >= 0.3 is 0 Å². The lowest BCUT2D eigenvalue weighted by Crippen LogP contribution is -2.30. The summed E-state index contributed by atoms with van der Waals surface area (Å²) in [7, 11) is -3.93. The summed E-state index contributed by atoms with van der Waals surface area (Å²) < 4.78 is 40.0. The molecule has 0 aliphatic carbocycles. The molecule has 2 heterocycles. The maximum absolute atomic E-state index is 13.4. The Morgan fingerprint density at radius 3 is 2.95 bits per heavy atom. The third kappa shape index (κ3) is 2.11. The Labute approximate surface area is 121 Å². The van der Waals surface area contributed by atoms with Gasteiger partial charge in [0.1, 0.15) is 5.82 Å². The van der Waals surface area contributed by atoms with Gasteiger partial charge in [0, 0.05) is 17.8 Å². The summed E-state index contributed by atoms with van der Waals surface area (Å²) in [5.41, 5.74) is 1.84. The maximum atomic E-state index is 13.4. The van der Waals surface area contributed by atoms with E-state index >= 15 is 0 Å². The summed E-state index contributed by atoms with van der Waals surface area (Å²) in [6, 6.07) is 4.10. The molecule has 21 heavy (non-hydrogen) atoms. The lowest BCUT2D eigenvalue weighted by atomic mass is 10.2. The lowest BCUT2D eigenvalue weighted by molar-refractivity contribution is 0.277. The highest BCUT2D eigenvalue weighted by Gasteiger charge is 2.34. The number of aromatic nitrogens is 2. The van der Waals surface area contributed by atoms with Crippen LogP contribution in [-0.2, 0) is 23.1 Å². The molecule has 2 aromatic rings. The van der Waals surface area contributed by atoms with E-state index in [-0.39, 0.29) is 17.1 Å². The smallest absolute Gasteiger partial charge is 0.284 e. The molecule has 0 atom stereocenters. The van der Waals surface area contributed by atoms with Gasteiger partial charge in [-0.3, -0.25) is 9.40 Å². The van der Waals surface area contributed by atoms with Gasteiger partial charge in [0.25, 0.3) is 10.0 Å². The van der Waals surface area contributed by atoms with Crippen LogP contribution >= 0.6 is 0 Å². The van der Waals surface area contributed by atoms with Gasteiger partial charge in [-0.25, -0.2) is 4.39 Å². The molecule has 8 heteroatoms. The Kier molecular flexibility index (Phi) is 3.22. The van der Waals surface area contributed by atoms with Gasteiger partial charge in [-0.1, -0.05) is 6.07 Å². The zero-order valence-corrected chi connectivity index (χ0v) is 12.1. The number of anilines is 1. The molecule has 0 radical (unpaired) electrons. The van der Waals surface area contributed by atoms with Crippen molar-refractivity contribution in [2.45, 2.75) is 25.0 Å². The molecular weight excluding hydrogens is 297 g/mol. The predicted octanol–water partition coefficient (Wildman–Crippen LogP) is 1.10. The number of hydrogen-bond acceptors (Lipinski definition) is 4. The zero-order valence-electron chi connectivity index (χ0n) is 11.3. The fourth-order valence-electron chi connectivity index (χ4n) is 2.51. The third-order valence-corrected chi connectivity index (χ3v) is 5.41. The molecule has 1 aliphatic heterocycles. The summed E-state index contributed by atoms with van der Waals surface area (Å²) in [5.74, 6) is -0.489. The number of aryl methyl sites for hydroxylation is 1. The molecule has 0 spiro atoms. The van der Waals surface area contributed by atoms with Crippen molar-refractivity contribution < 1.29 is 17.9 Å². The van der Waals surface area contributed by atoms with E-state index in [0.29, 0.717) is 17.8 Å². The van der Waals surface area contributed by atoms with E-state index < -0.39 is 22.4 Å². The Hall–Kier alpha value is -1.93. The summed E-state index contributed by atoms with van der Waals surface area (Å²) in [6.45, 7) is 1.44. The third-order valence-electron chi connectivity index (χ3n) is 3.63. The predicted molar refractivity (Wildman–Crippen MR) is 73.9 cm³/mol. The highest BCUT2D eigenvalue weighted by molar-refractivity contribution is 7.92. The molecule has 2 N–H and O–H groups in total. The van der Waals surface area contributed by atoms with Crippen molar-refractivity contribution in [3.8, 4) is 0 Å². The molecule has 1 aromatic heterocycles. The molecule has 3 rings (SSSR count). The summed E-state index contributed by atoms with van der Waals surface area (Å²) in [6.07, 6.45) is 0.521. The number of nitrogens with one attached hydrogen (secondary N) is 1. The summed E-state index contributed by atoms with van der Waals surface area (Å²) >= 11 is 0. The van der Waals surface area contributed by atoms with E-state index in [4.69, 9.17) is 0 Å². The van der Waals surface area contributed by atoms with Crippen LogP contribution in [-0.4, -0.2) is 30.3 Å². The SMILES string of the molecule is Cc1[nH]nc(S(=O)(=O)N2CCc3ccc(F)cc32)c1CO. The highest BCUT2D eigenvalue weighted by atomic mass is 32.2. The second-order valence-electron chi connectivity index (χ2n) is 4.89. The van der Waals surface area contributed by atoms with Crippen molar-refractivity contribution in [1.82, 2.24) is 10.2 Å². The maximum Gasteiger partial charge on any atom is 0.284 e. The number of H-pyrrole nitrogens is 1. The Morgan fingerprint density at radius 2 is 2.24 bits per heavy atom. The second kappa shape index (κ2) is 4.81. The number of halogens is 1. The minimum Gasteiger partial charge on any atom is -0.392 e. The van der Waals surface area contributed by atoms with Gasteiger partial charge in [-0.2, -0.15) is 13.5 Å². The first-order chi connectivity index (χ1) is 9.95.